The highest BCUT2D eigenvalue weighted by Crippen LogP contribution is 2.32. The van der Waals surface area contributed by atoms with Gasteiger partial charge in [0.1, 0.15) is 5.75 Å². The molecule has 1 aromatic carbocycles. The van der Waals surface area contributed by atoms with Gasteiger partial charge in [-0.2, -0.15) is 0 Å². The first-order valence-electron chi connectivity index (χ1n) is 5.01. The second-order valence-electron chi connectivity index (χ2n) is 3.63. The summed E-state index contributed by atoms with van der Waals surface area (Å²) in [5, 5.41) is 9.24. The largest absolute Gasteiger partial charge is 0.496 e. The Labute approximate surface area is 95.7 Å². The molecule has 1 rings (SSSR count). The third-order valence-corrected chi connectivity index (χ3v) is 3.74. The van der Waals surface area contributed by atoms with E-state index in [0.29, 0.717) is 0 Å². The summed E-state index contributed by atoms with van der Waals surface area (Å²) < 4.78 is 5.25. The van der Waals surface area contributed by atoms with E-state index in [-0.39, 0.29) is 11.9 Å². The summed E-state index contributed by atoms with van der Waals surface area (Å²) >= 11 is 1.70. The first-order valence-corrected chi connectivity index (χ1v) is 5.89. The van der Waals surface area contributed by atoms with Crippen LogP contribution >= 0.6 is 11.8 Å². The second kappa shape index (κ2) is 5.42. The number of thioether (sulfide) groups is 1. The van der Waals surface area contributed by atoms with Crippen molar-refractivity contribution in [1.29, 1.82) is 0 Å². The molecule has 3 heteroatoms. The van der Waals surface area contributed by atoms with E-state index in [1.165, 1.54) is 16.0 Å². The molecule has 0 aliphatic carbocycles. The molecule has 1 aromatic rings. The number of rotatable bonds is 4. The van der Waals surface area contributed by atoms with Crippen LogP contribution in [0.15, 0.2) is 17.0 Å². The van der Waals surface area contributed by atoms with Gasteiger partial charge in [0.2, 0.25) is 0 Å². The molecule has 84 valence electrons. The molecule has 1 atom stereocenters. The van der Waals surface area contributed by atoms with E-state index in [9.17, 15) is 0 Å². The highest BCUT2D eigenvalue weighted by molar-refractivity contribution is 8.00. The molecule has 1 unspecified atom stereocenters. The molecule has 0 fully saturated rings. The molecule has 0 aromatic heterocycles. The molecule has 0 aliphatic rings. The van der Waals surface area contributed by atoms with Gasteiger partial charge in [0.05, 0.1) is 13.7 Å². The van der Waals surface area contributed by atoms with Crippen molar-refractivity contribution < 1.29 is 9.84 Å². The maximum absolute atomic E-state index is 9.01. The molecule has 1 N–H and O–H groups in total. The fourth-order valence-corrected chi connectivity index (χ4v) is 2.36. The number of aliphatic hydroxyl groups excluding tert-OH is 1. The van der Waals surface area contributed by atoms with E-state index in [1.807, 2.05) is 13.0 Å². The van der Waals surface area contributed by atoms with Gasteiger partial charge in [0.25, 0.3) is 0 Å². The van der Waals surface area contributed by atoms with Crippen LogP contribution in [0.1, 0.15) is 18.1 Å². The Morgan fingerprint density at radius 3 is 2.53 bits per heavy atom. The number of hydrogen-bond donors (Lipinski definition) is 1. The fraction of sp³-hybridized carbons (Fsp3) is 0.500. The molecule has 0 amide bonds. The van der Waals surface area contributed by atoms with E-state index in [1.54, 1.807) is 18.9 Å². The van der Waals surface area contributed by atoms with Crippen LogP contribution in [0.4, 0.5) is 0 Å². The molecule has 15 heavy (non-hydrogen) atoms. The van der Waals surface area contributed by atoms with Gasteiger partial charge in [-0.1, -0.05) is 6.92 Å². The lowest BCUT2D eigenvalue weighted by Crippen LogP contribution is -2.02. The Morgan fingerprint density at radius 2 is 2.00 bits per heavy atom. The summed E-state index contributed by atoms with van der Waals surface area (Å²) in [4.78, 5) is 1.22. The fourth-order valence-electron chi connectivity index (χ4n) is 1.37. The Kier molecular flexibility index (Phi) is 4.48. The predicted octanol–water partition coefficient (Wildman–Crippen LogP) is 2.78. The molecule has 2 nitrogen and oxygen atoms in total. The van der Waals surface area contributed by atoms with E-state index in [0.717, 1.165) is 5.75 Å². The Bertz CT molecular complexity index is 337. The number of methoxy groups -OCH3 is 1. The van der Waals surface area contributed by atoms with Gasteiger partial charge >= 0.3 is 0 Å². The summed E-state index contributed by atoms with van der Waals surface area (Å²) in [6.45, 7) is 6.37. The third kappa shape index (κ3) is 2.89. The summed E-state index contributed by atoms with van der Waals surface area (Å²) in [7, 11) is 1.69. The molecule has 0 radical (unpaired) electrons. The molecular weight excluding hydrogens is 208 g/mol. The van der Waals surface area contributed by atoms with Gasteiger partial charge in [0, 0.05) is 10.1 Å². The normalized spacial score (nSPS) is 12.6. The molecule has 0 aliphatic heterocycles. The van der Waals surface area contributed by atoms with Crippen molar-refractivity contribution in [3.63, 3.8) is 0 Å². The van der Waals surface area contributed by atoms with Crippen LogP contribution in [0.25, 0.3) is 0 Å². The average molecular weight is 226 g/mol. The van der Waals surface area contributed by atoms with Crippen molar-refractivity contribution in [2.24, 2.45) is 0 Å². The van der Waals surface area contributed by atoms with Gasteiger partial charge < -0.3 is 9.84 Å². The second-order valence-corrected chi connectivity index (χ2v) is 5.11. The first-order chi connectivity index (χ1) is 7.10. The van der Waals surface area contributed by atoms with E-state index in [2.05, 4.69) is 19.9 Å². The standard InChI is InChI=1S/C12H18O2S/c1-8(7-13)15-12-6-5-11(14-4)9(2)10(12)3/h5-6,8,13H,7H2,1-4H3. The lowest BCUT2D eigenvalue weighted by Gasteiger charge is -2.14. The predicted molar refractivity (Wildman–Crippen MR) is 64.9 cm³/mol. The van der Waals surface area contributed by atoms with Crippen LogP contribution in [0.5, 0.6) is 5.75 Å². The highest BCUT2D eigenvalue weighted by atomic mass is 32.2. The lowest BCUT2D eigenvalue weighted by molar-refractivity contribution is 0.300. The number of ether oxygens (including phenoxy) is 1. The number of hydrogen-bond acceptors (Lipinski definition) is 3. The van der Waals surface area contributed by atoms with Crippen LogP contribution in [-0.4, -0.2) is 24.1 Å². The van der Waals surface area contributed by atoms with Crippen molar-refractivity contribution in [3.05, 3.63) is 23.3 Å². The van der Waals surface area contributed by atoms with Gasteiger partial charge in [-0.15, -0.1) is 11.8 Å². The van der Waals surface area contributed by atoms with Crippen LogP contribution < -0.4 is 4.74 Å². The molecule has 0 bridgehead atoms. The van der Waals surface area contributed by atoms with Crippen molar-refractivity contribution in [2.75, 3.05) is 13.7 Å². The zero-order chi connectivity index (χ0) is 11.4. The van der Waals surface area contributed by atoms with Crippen molar-refractivity contribution in [1.82, 2.24) is 0 Å². The minimum Gasteiger partial charge on any atom is -0.496 e. The van der Waals surface area contributed by atoms with E-state index in [4.69, 9.17) is 9.84 Å². The zero-order valence-corrected chi connectivity index (χ0v) is 10.5. The summed E-state index contributed by atoms with van der Waals surface area (Å²) in [5.74, 6) is 0.925. The topological polar surface area (TPSA) is 29.5 Å². The summed E-state index contributed by atoms with van der Waals surface area (Å²) in [6, 6.07) is 4.03. The lowest BCUT2D eigenvalue weighted by atomic mass is 10.1. The van der Waals surface area contributed by atoms with Crippen molar-refractivity contribution in [2.45, 2.75) is 30.9 Å². The minimum atomic E-state index is 0.204. The van der Waals surface area contributed by atoms with Crippen LogP contribution in [0, 0.1) is 13.8 Å². The van der Waals surface area contributed by atoms with E-state index >= 15 is 0 Å². The van der Waals surface area contributed by atoms with Gasteiger partial charge in [-0.3, -0.25) is 0 Å². The number of benzene rings is 1. The third-order valence-electron chi connectivity index (χ3n) is 2.49. The van der Waals surface area contributed by atoms with Crippen LogP contribution in [-0.2, 0) is 0 Å². The minimum absolute atomic E-state index is 0.204. The quantitative estimate of drug-likeness (QED) is 0.801. The van der Waals surface area contributed by atoms with Gasteiger partial charge in [0.15, 0.2) is 0 Å². The smallest absolute Gasteiger partial charge is 0.122 e. The van der Waals surface area contributed by atoms with Gasteiger partial charge in [-0.05, 0) is 37.1 Å². The van der Waals surface area contributed by atoms with Crippen LogP contribution in [0.3, 0.4) is 0 Å². The average Bonchev–Trinajstić information content (AvgIpc) is 2.25. The molecule has 0 saturated heterocycles. The summed E-state index contributed by atoms with van der Waals surface area (Å²) in [5.41, 5.74) is 2.41. The van der Waals surface area contributed by atoms with Crippen molar-refractivity contribution in [3.8, 4) is 5.75 Å². The number of aliphatic hydroxyl groups is 1. The SMILES string of the molecule is COc1ccc(SC(C)CO)c(C)c1C. The molecule has 0 spiro atoms. The summed E-state index contributed by atoms with van der Waals surface area (Å²) in [6.07, 6.45) is 0. The van der Waals surface area contributed by atoms with Gasteiger partial charge in [-0.25, -0.2) is 0 Å². The first kappa shape index (κ1) is 12.4. The monoisotopic (exact) mass is 226 g/mol. The van der Waals surface area contributed by atoms with Crippen molar-refractivity contribution >= 4 is 11.8 Å². The molecule has 0 saturated carbocycles. The Hall–Kier alpha value is -0.670. The molecular formula is C12H18O2S. The highest BCUT2D eigenvalue weighted by Gasteiger charge is 2.09. The Balaban J connectivity index is 2.96. The van der Waals surface area contributed by atoms with E-state index < -0.39 is 0 Å². The van der Waals surface area contributed by atoms with Crippen LogP contribution in [0.2, 0.25) is 0 Å². The maximum Gasteiger partial charge on any atom is 0.122 e. The zero-order valence-electron chi connectivity index (χ0n) is 9.70. The molecule has 0 heterocycles. The Morgan fingerprint density at radius 1 is 1.33 bits per heavy atom. The maximum atomic E-state index is 9.01.